The maximum absolute atomic E-state index is 12.6. The first-order valence-electron chi connectivity index (χ1n) is 8.11. The maximum Gasteiger partial charge on any atom is 0.260 e. The number of nitrogens with zero attached hydrogens (tertiary/aromatic N) is 3. The van der Waals surface area contributed by atoms with Crippen molar-refractivity contribution >= 4 is 5.91 Å². The van der Waals surface area contributed by atoms with E-state index in [-0.39, 0.29) is 18.4 Å². The molecule has 0 spiro atoms. The summed E-state index contributed by atoms with van der Waals surface area (Å²) in [6, 6.07) is 7.72. The van der Waals surface area contributed by atoms with Crippen molar-refractivity contribution in [3.05, 3.63) is 48.0 Å². The lowest BCUT2D eigenvalue weighted by atomic mass is 10.1. The Kier molecular flexibility index (Phi) is 5.15. The van der Waals surface area contributed by atoms with Gasteiger partial charge in [0.1, 0.15) is 5.75 Å². The van der Waals surface area contributed by atoms with Crippen LogP contribution in [0.1, 0.15) is 11.3 Å². The molecule has 1 aliphatic heterocycles. The molecule has 0 unspecified atom stereocenters. The second-order valence-corrected chi connectivity index (χ2v) is 6.19. The van der Waals surface area contributed by atoms with Crippen LogP contribution in [0.4, 0.5) is 0 Å². The Bertz CT molecular complexity index is 698. The van der Waals surface area contributed by atoms with Crippen LogP contribution in [0.5, 0.6) is 5.75 Å². The van der Waals surface area contributed by atoms with Gasteiger partial charge in [0.15, 0.2) is 6.61 Å². The van der Waals surface area contributed by atoms with Gasteiger partial charge in [-0.05, 0) is 18.6 Å². The first kappa shape index (κ1) is 16.5. The SMILES string of the molecule is COC[C@@H]1CN(C(=O)COc2ccccc2C)Cc2cncn2C1. The highest BCUT2D eigenvalue weighted by Crippen LogP contribution is 2.19. The Balaban J connectivity index is 1.68. The Hall–Kier alpha value is -2.34. The van der Waals surface area contributed by atoms with Crippen molar-refractivity contribution in [2.45, 2.75) is 20.0 Å². The summed E-state index contributed by atoms with van der Waals surface area (Å²) in [5.74, 6) is 0.973. The Morgan fingerprint density at radius 3 is 2.96 bits per heavy atom. The predicted octanol–water partition coefficient (Wildman–Crippen LogP) is 1.88. The van der Waals surface area contributed by atoms with Crippen molar-refractivity contribution in [1.82, 2.24) is 14.5 Å². The summed E-state index contributed by atoms with van der Waals surface area (Å²) >= 11 is 0. The van der Waals surface area contributed by atoms with E-state index in [0.717, 1.165) is 23.6 Å². The largest absolute Gasteiger partial charge is 0.484 e. The third kappa shape index (κ3) is 3.76. The van der Waals surface area contributed by atoms with Crippen LogP contribution in [0.2, 0.25) is 0 Å². The first-order valence-corrected chi connectivity index (χ1v) is 8.11. The van der Waals surface area contributed by atoms with Crippen molar-refractivity contribution < 1.29 is 14.3 Å². The van der Waals surface area contributed by atoms with Crippen LogP contribution in [0.3, 0.4) is 0 Å². The molecule has 1 aromatic carbocycles. The maximum atomic E-state index is 12.6. The molecule has 1 aliphatic rings. The molecule has 0 bridgehead atoms. The minimum Gasteiger partial charge on any atom is -0.484 e. The van der Waals surface area contributed by atoms with E-state index in [9.17, 15) is 4.79 Å². The number of amides is 1. The molecule has 0 saturated carbocycles. The van der Waals surface area contributed by atoms with Crippen molar-refractivity contribution in [3.8, 4) is 5.75 Å². The molecule has 24 heavy (non-hydrogen) atoms. The summed E-state index contributed by atoms with van der Waals surface area (Å²) in [4.78, 5) is 18.7. The zero-order valence-corrected chi connectivity index (χ0v) is 14.1. The van der Waals surface area contributed by atoms with E-state index < -0.39 is 0 Å². The lowest BCUT2D eigenvalue weighted by Gasteiger charge is -2.24. The van der Waals surface area contributed by atoms with Gasteiger partial charge in [-0.1, -0.05) is 18.2 Å². The summed E-state index contributed by atoms with van der Waals surface area (Å²) in [6.07, 6.45) is 3.63. The molecule has 1 atom stereocenters. The molecule has 0 N–H and O–H groups in total. The number of aromatic nitrogens is 2. The van der Waals surface area contributed by atoms with Gasteiger partial charge in [0.2, 0.25) is 0 Å². The zero-order chi connectivity index (χ0) is 16.9. The number of methoxy groups -OCH3 is 1. The van der Waals surface area contributed by atoms with Crippen molar-refractivity contribution in [1.29, 1.82) is 0 Å². The number of hydrogen-bond donors (Lipinski definition) is 0. The van der Waals surface area contributed by atoms with E-state index in [0.29, 0.717) is 19.7 Å². The summed E-state index contributed by atoms with van der Waals surface area (Å²) in [5.41, 5.74) is 2.06. The average Bonchev–Trinajstić information content (AvgIpc) is 2.93. The highest BCUT2D eigenvalue weighted by atomic mass is 16.5. The van der Waals surface area contributed by atoms with Crippen molar-refractivity contribution in [3.63, 3.8) is 0 Å². The summed E-state index contributed by atoms with van der Waals surface area (Å²) < 4.78 is 13.1. The fourth-order valence-corrected chi connectivity index (χ4v) is 3.03. The molecule has 1 amide bonds. The van der Waals surface area contributed by atoms with Gasteiger partial charge in [-0.2, -0.15) is 0 Å². The van der Waals surface area contributed by atoms with E-state index in [1.807, 2.05) is 48.6 Å². The number of fused-ring (bicyclic) bond motifs is 1. The standard InChI is InChI=1S/C18H23N3O3/c1-14-5-3-4-6-17(14)24-12-18(22)20-8-15(11-23-2)9-21-13-19-7-16(21)10-20/h3-7,13,15H,8-12H2,1-2H3/t15-/m1/s1. The fourth-order valence-electron chi connectivity index (χ4n) is 3.03. The van der Waals surface area contributed by atoms with E-state index >= 15 is 0 Å². The molecular formula is C18H23N3O3. The Labute approximate surface area is 142 Å². The predicted molar refractivity (Wildman–Crippen MR) is 89.7 cm³/mol. The molecule has 128 valence electrons. The van der Waals surface area contributed by atoms with E-state index in [2.05, 4.69) is 9.55 Å². The van der Waals surface area contributed by atoms with E-state index in [4.69, 9.17) is 9.47 Å². The molecule has 2 aromatic rings. The van der Waals surface area contributed by atoms with E-state index in [1.165, 1.54) is 0 Å². The minimum atomic E-state index is -0.0194. The number of para-hydroxylation sites is 1. The quantitative estimate of drug-likeness (QED) is 0.840. The number of carbonyl (C=O) groups excluding carboxylic acids is 1. The van der Waals surface area contributed by atoms with Gasteiger partial charge in [-0.3, -0.25) is 4.79 Å². The van der Waals surface area contributed by atoms with Gasteiger partial charge >= 0.3 is 0 Å². The van der Waals surface area contributed by atoms with Crippen LogP contribution in [0.15, 0.2) is 36.8 Å². The molecule has 0 saturated heterocycles. The van der Waals surface area contributed by atoms with Crippen LogP contribution in [0.25, 0.3) is 0 Å². The summed E-state index contributed by atoms with van der Waals surface area (Å²) in [6.45, 7) is 4.64. The third-order valence-electron chi connectivity index (χ3n) is 4.28. The highest BCUT2D eigenvalue weighted by molar-refractivity contribution is 5.77. The Morgan fingerprint density at radius 2 is 2.17 bits per heavy atom. The van der Waals surface area contributed by atoms with Crippen molar-refractivity contribution in [2.75, 3.05) is 26.9 Å². The number of ether oxygens (including phenoxy) is 2. The minimum absolute atomic E-state index is 0.0194. The second kappa shape index (κ2) is 7.49. The topological polar surface area (TPSA) is 56.6 Å². The number of aryl methyl sites for hydroxylation is 1. The highest BCUT2D eigenvalue weighted by Gasteiger charge is 2.25. The molecular weight excluding hydrogens is 306 g/mol. The molecule has 0 fully saturated rings. The van der Waals surface area contributed by atoms with Crippen molar-refractivity contribution in [2.24, 2.45) is 5.92 Å². The molecule has 6 nitrogen and oxygen atoms in total. The monoisotopic (exact) mass is 329 g/mol. The molecule has 1 aromatic heterocycles. The van der Waals surface area contributed by atoms with Crippen LogP contribution in [0, 0.1) is 12.8 Å². The van der Waals surface area contributed by atoms with Gasteiger partial charge in [0.05, 0.1) is 25.2 Å². The number of hydrogen-bond acceptors (Lipinski definition) is 4. The lowest BCUT2D eigenvalue weighted by Crippen LogP contribution is -2.38. The van der Waals surface area contributed by atoms with Crippen LogP contribution >= 0.6 is 0 Å². The molecule has 2 heterocycles. The zero-order valence-electron chi connectivity index (χ0n) is 14.1. The van der Waals surface area contributed by atoms with Crippen LogP contribution in [-0.4, -0.2) is 47.2 Å². The fraction of sp³-hybridized carbons (Fsp3) is 0.444. The number of carbonyl (C=O) groups is 1. The lowest BCUT2D eigenvalue weighted by molar-refractivity contribution is -0.134. The smallest absolute Gasteiger partial charge is 0.260 e. The number of benzene rings is 1. The molecule has 0 aliphatic carbocycles. The average molecular weight is 329 g/mol. The van der Waals surface area contributed by atoms with Gasteiger partial charge in [0.25, 0.3) is 5.91 Å². The third-order valence-corrected chi connectivity index (χ3v) is 4.28. The summed E-state index contributed by atoms with van der Waals surface area (Å²) in [5, 5.41) is 0. The van der Waals surface area contributed by atoms with E-state index in [1.54, 1.807) is 7.11 Å². The first-order chi connectivity index (χ1) is 11.7. The van der Waals surface area contributed by atoms with Gasteiger partial charge in [-0.25, -0.2) is 4.98 Å². The molecule has 3 rings (SSSR count). The molecule has 6 heteroatoms. The van der Waals surface area contributed by atoms with Gasteiger partial charge < -0.3 is 18.9 Å². The number of rotatable bonds is 5. The van der Waals surface area contributed by atoms with Gasteiger partial charge in [-0.15, -0.1) is 0 Å². The second-order valence-electron chi connectivity index (χ2n) is 6.19. The summed E-state index contributed by atoms with van der Waals surface area (Å²) in [7, 11) is 1.69. The number of imidazole rings is 1. The van der Waals surface area contributed by atoms with Crippen LogP contribution in [-0.2, 0) is 22.6 Å². The Morgan fingerprint density at radius 1 is 1.33 bits per heavy atom. The van der Waals surface area contributed by atoms with Crippen LogP contribution < -0.4 is 4.74 Å². The van der Waals surface area contributed by atoms with Gasteiger partial charge in [0, 0.05) is 32.3 Å². The normalized spacial score (nSPS) is 17.2. The molecule has 0 radical (unpaired) electrons.